The van der Waals surface area contributed by atoms with Gasteiger partial charge < -0.3 is 10.5 Å². The number of nitrogens with zero attached hydrogens (tertiary/aromatic N) is 2. The Morgan fingerprint density at radius 1 is 1.17 bits per heavy atom. The van der Waals surface area contributed by atoms with Crippen LogP contribution in [0.15, 0.2) is 18.2 Å². The number of benzene rings is 1. The van der Waals surface area contributed by atoms with Gasteiger partial charge in [0.1, 0.15) is 0 Å². The number of hydrogen-bond donors (Lipinski definition) is 1. The van der Waals surface area contributed by atoms with Crippen molar-refractivity contribution in [1.82, 2.24) is 9.80 Å². The van der Waals surface area contributed by atoms with E-state index in [1.807, 2.05) is 0 Å². The Balaban J connectivity index is 1.69. The van der Waals surface area contributed by atoms with Crippen molar-refractivity contribution in [2.75, 3.05) is 45.9 Å². The third kappa shape index (κ3) is 3.68. The van der Waals surface area contributed by atoms with Crippen LogP contribution in [0.4, 0.5) is 13.2 Å². The van der Waals surface area contributed by atoms with Gasteiger partial charge in [-0.3, -0.25) is 9.80 Å². The molecule has 2 N–H and O–H groups in total. The molecule has 1 aromatic rings. The summed E-state index contributed by atoms with van der Waals surface area (Å²) < 4.78 is 44.1. The lowest BCUT2D eigenvalue weighted by Gasteiger charge is -2.30. The number of nitrogens with two attached hydrogens (primary N) is 1. The lowest BCUT2D eigenvalue weighted by molar-refractivity contribution is -0.137. The number of hydrogen-bond acceptors (Lipinski definition) is 4. The topological polar surface area (TPSA) is 41.7 Å². The highest BCUT2D eigenvalue weighted by atomic mass is 19.4. The Bertz CT molecular complexity index is 544. The van der Waals surface area contributed by atoms with Crippen molar-refractivity contribution in [3.63, 3.8) is 0 Å². The first-order chi connectivity index (χ1) is 11.0. The first kappa shape index (κ1) is 16.7. The van der Waals surface area contributed by atoms with Crippen LogP contribution in [0.2, 0.25) is 0 Å². The average Bonchev–Trinajstić information content (AvgIpc) is 2.89. The van der Waals surface area contributed by atoms with Crippen LogP contribution in [0.3, 0.4) is 0 Å². The zero-order valence-corrected chi connectivity index (χ0v) is 13.0. The molecule has 0 aromatic heterocycles. The van der Waals surface area contributed by atoms with E-state index in [2.05, 4.69) is 9.80 Å². The van der Waals surface area contributed by atoms with Crippen molar-refractivity contribution in [2.45, 2.75) is 18.8 Å². The van der Waals surface area contributed by atoms with E-state index in [4.69, 9.17) is 10.5 Å². The van der Waals surface area contributed by atoms with E-state index < -0.39 is 11.7 Å². The number of fused-ring (bicyclic) bond motifs is 1. The standard InChI is InChI=1S/C16H22F3N3O/c17-16(18,19)13-2-1-12-11-22(15(10-20)14(12)9-13)4-3-21-5-7-23-8-6-21/h1-2,9,15H,3-8,10-11,20H2. The van der Waals surface area contributed by atoms with Crippen LogP contribution in [0.5, 0.6) is 0 Å². The molecule has 7 heteroatoms. The summed E-state index contributed by atoms with van der Waals surface area (Å²) in [6.45, 7) is 6.00. The molecule has 1 atom stereocenters. The van der Waals surface area contributed by atoms with E-state index in [0.717, 1.165) is 56.6 Å². The molecule has 0 amide bonds. The van der Waals surface area contributed by atoms with Gasteiger partial charge in [0.05, 0.1) is 18.8 Å². The minimum Gasteiger partial charge on any atom is -0.379 e. The predicted octanol–water partition coefficient (Wildman–Crippen LogP) is 1.85. The maximum absolute atomic E-state index is 12.9. The molecule has 4 nitrogen and oxygen atoms in total. The summed E-state index contributed by atoms with van der Waals surface area (Å²) in [5.74, 6) is 0. The van der Waals surface area contributed by atoms with Gasteiger partial charge in [-0.2, -0.15) is 13.2 Å². The summed E-state index contributed by atoms with van der Waals surface area (Å²) in [5, 5.41) is 0. The fourth-order valence-corrected chi connectivity index (χ4v) is 3.36. The van der Waals surface area contributed by atoms with Gasteiger partial charge in [0.2, 0.25) is 0 Å². The molecule has 1 unspecified atom stereocenters. The minimum absolute atomic E-state index is 0.131. The van der Waals surface area contributed by atoms with Gasteiger partial charge in [0, 0.05) is 45.3 Å². The Morgan fingerprint density at radius 2 is 1.91 bits per heavy atom. The molecular weight excluding hydrogens is 307 g/mol. The molecule has 0 bridgehead atoms. The summed E-state index contributed by atoms with van der Waals surface area (Å²) in [6.07, 6.45) is -4.31. The van der Waals surface area contributed by atoms with Crippen molar-refractivity contribution in [3.8, 4) is 0 Å². The third-order valence-electron chi connectivity index (χ3n) is 4.68. The fraction of sp³-hybridized carbons (Fsp3) is 0.625. The van der Waals surface area contributed by atoms with Gasteiger partial charge in [0.15, 0.2) is 0 Å². The molecule has 1 fully saturated rings. The molecule has 0 saturated carbocycles. The zero-order chi connectivity index (χ0) is 16.4. The largest absolute Gasteiger partial charge is 0.416 e. The van der Waals surface area contributed by atoms with E-state index in [0.29, 0.717) is 13.1 Å². The second kappa shape index (κ2) is 6.76. The highest BCUT2D eigenvalue weighted by molar-refractivity contribution is 5.39. The first-order valence-corrected chi connectivity index (χ1v) is 7.93. The average molecular weight is 329 g/mol. The minimum atomic E-state index is -4.31. The molecule has 1 saturated heterocycles. The molecule has 1 aromatic carbocycles. The quantitative estimate of drug-likeness (QED) is 0.915. The lowest BCUT2D eigenvalue weighted by Crippen LogP contribution is -2.41. The number of ether oxygens (including phenoxy) is 1. The molecule has 0 aliphatic carbocycles. The summed E-state index contributed by atoms with van der Waals surface area (Å²) in [4.78, 5) is 4.50. The maximum Gasteiger partial charge on any atom is 0.416 e. The van der Waals surface area contributed by atoms with Gasteiger partial charge in [-0.25, -0.2) is 0 Å². The molecule has 2 aliphatic rings. The maximum atomic E-state index is 12.9. The number of rotatable bonds is 4. The normalized spacial score (nSPS) is 23.2. The van der Waals surface area contributed by atoms with E-state index in [1.54, 1.807) is 6.07 Å². The van der Waals surface area contributed by atoms with E-state index in [9.17, 15) is 13.2 Å². The van der Waals surface area contributed by atoms with Gasteiger partial charge in [-0.15, -0.1) is 0 Å². The Kier molecular flexibility index (Phi) is 4.91. The van der Waals surface area contributed by atoms with Crippen LogP contribution in [-0.2, 0) is 17.5 Å². The van der Waals surface area contributed by atoms with Gasteiger partial charge in [-0.1, -0.05) is 6.07 Å². The smallest absolute Gasteiger partial charge is 0.379 e. The molecule has 2 aliphatic heterocycles. The summed E-state index contributed by atoms with van der Waals surface area (Å²) in [5.41, 5.74) is 6.94. The summed E-state index contributed by atoms with van der Waals surface area (Å²) >= 11 is 0. The Morgan fingerprint density at radius 3 is 2.57 bits per heavy atom. The van der Waals surface area contributed by atoms with Gasteiger partial charge in [0.25, 0.3) is 0 Å². The van der Waals surface area contributed by atoms with Crippen molar-refractivity contribution < 1.29 is 17.9 Å². The Hall–Kier alpha value is -1.15. The van der Waals surface area contributed by atoms with Crippen LogP contribution in [0.25, 0.3) is 0 Å². The number of alkyl halides is 3. The van der Waals surface area contributed by atoms with Crippen LogP contribution < -0.4 is 5.73 Å². The molecule has 23 heavy (non-hydrogen) atoms. The van der Waals surface area contributed by atoms with Crippen molar-refractivity contribution in [2.24, 2.45) is 5.73 Å². The monoisotopic (exact) mass is 329 g/mol. The fourth-order valence-electron chi connectivity index (χ4n) is 3.36. The summed E-state index contributed by atoms with van der Waals surface area (Å²) in [7, 11) is 0. The van der Waals surface area contributed by atoms with Gasteiger partial charge in [-0.05, 0) is 23.3 Å². The molecule has 3 rings (SSSR count). The predicted molar refractivity (Wildman–Crippen MR) is 80.9 cm³/mol. The van der Waals surface area contributed by atoms with E-state index >= 15 is 0 Å². The molecular formula is C16H22F3N3O. The van der Waals surface area contributed by atoms with Crippen LogP contribution in [0.1, 0.15) is 22.7 Å². The lowest BCUT2D eigenvalue weighted by atomic mass is 10.0. The molecule has 0 radical (unpaired) electrons. The van der Waals surface area contributed by atoms with Crippen LogP contribution in [0, 0.1) is 0 Å². The van der Waals surface area contributed by atoms with E-state index in [-0.39, 0.29) is 6.04 Å². The zero-order valence-electron chi connectivity index (χ0n) is 13.0. The Labute approximate surface area is 134 Å². The van der Waals surface area contributed by atoms with Crippen molar-refractivity contribution >= 4 is 0 Å². The molecule has 2 heterocycles. The molecule has 0 spiro atoms. The van der Waals surface area contributed by atoms with E-state index in [1.165, 1.54) is 6.07 Å². The highest BCUT2D eigenvalue weighted by Gasteiger charge is 2.35. The van der Waals surface area contributed by atoms with Gasteiger partial charge >= 0.3 is 6.18 Å². The SMILES string of the molecule is NCC1c2cc(C(F)(F)F)ccc2CN1CCN1CCOCC1. The second-order valence-electron chi connectivity index (χ2n) is 6.09. The van der Waals surface area contributed by atoms with Crippen LogP contribution in [-0.4, -0.2) is 55.7 Å². The number of halogens is 3. The van der Waals surface area contributed by atoms with Crippen molar-refractivity contribution in [3.05, 3.63) is 34.9 Å². The van der Waals surface area contributed by atoms with Crippen molar-refractivity contribution in [1.29, 1.82) is 0 Å². The summed E-state index contributed by atoms with van der Waals surface area (Å²) in [6, 6.07) is 3.89. The first-order valence-electron chi connectivity index (χ1n) is 7.93. The third-order valence-corrected chi connectivity index (χ3v) is 4.68. The number of morpholine rings is 1. The van der Waals surface area contributed by atoms with Crippen LogP contribution >= 0.6 is 0 Å². The highest BCUT2D eigenvalue weighted by Crippen LogP contribution is 2.37. The molecule has 128 valence electrons. The second-order valence-corrected chi connectivity index (χ2v) is 6.09.